The Kier molecular flexibility index (Phi) is 7.09. The number of hydrogen-bond acceptors (Lipinski definition) is 3. The molecule has 3 aromatic carbocycles. The average Bonchev–Trinajstić information content (AvgIpc) is 3.35. The number of alkyl halides is 2. The lowest BCUT2D eigenvalue weighted by Gasteiger charge is -2.12. The largest absolute Gasteiger partial charge is 0.399 e. The molecule has 34 heavy (non-hydrogen) atoms. The van der Waals surface area contributed by atoms with Crippen LogP contribution in [0.3, 0.4) is 0 Å². The summed E-state index contributed by atoms with van der Waals surface area (Å²) in [6.45, 7) is 1.83. The van der Waals surface area contributed by atoms with Gasteiger partial charge in [-0.15, -0.1) is 23.2 Å². The van der Waals surface area contributed by atoms with Crippen LogP contribution in [0.4, 0.5) is 17.1 Å². The van der Waals surface area contributed by atoms with E-state index in [1.165, 1.54) is 12.1 Å². The molecule has 176 valence electrons. The van der Waals surface area contributed by atoms with Crippen molar-refractivity contribution >= 4 is 91.2 Å². The standard InChI is InChI=1S/C24H18BrCl4N3O2/c1-11-8-13(30)3-7-19(11)32-22(33)15-10-14(4-6-17(15)26)31-23(34)21-20(24(21,28)29)12-2-5-18(27)16(25)9-12/h2-10,20-21H,30H2,1H3,(H,31,34)(H,32,33)/t20-,21+/m1/s1. The minimum absolute atomic E-state index is 0.202. The van der Waals surface area contributed by atoms with Crippen molar-refractivity contribution < 1.29 is 9.59 Å². The molecule has 2 atom stereocenters. The third-order valence-electron chi connectivity index (χ3n) is 5.62. The van der Waals surface area contributed by atoms with Crippen LogP contribution in [0.5, 0.6) is 0 Å². The van der Waals surface area contributed by atoms with E-state index in [1.807, 2.05) is 6.92 Å². The van der Waals surface area contributed by atoms with Gasteiger partial charge in [0.15, 0.2) is 0 Å². The molecule has 0 aromatic heterocycles. The molecule has 4 rings (SSSR count). The highest BCUT2D eigenvalue weighted by Crippen LogP contribution is 2.65. The van der Waals surface area contributed by atoms with Crippen LogP contribution in [-0.2, 0) is 4.79 Å². The van der Waals surface area contributed by atoms with Crippen LogP contribution in [-0.4, -0.2) is 16.1 Å². The molecule has 2 amide bonds. The Labute approximate surface area is 225 Å². The minimum atomic E-state index is -1.27. The number of amides is 2. The maximum Gasteiger partial charge on any atom is 0.257 e. The van der Waals surface area contributed by atoms with E-state index >= 15 is 0 Å². The Morgan fingerprint density at radius 1 is 0.971 bits per heavy atom. The summed E-state index contributed by atoms with van der Waals surface area (Å²) in [7, 11) is 0. The van der Waals surface area contributed by atoms with Crippen LogP contribution in [0.25, 0.3) is 0 Å². The van der Waals surface area contributed by atoms with Gasteiger partial charge in [0.25, 0.3) is 5.91 Å². The van der Waals surface area contributed by atoms with Crippen LogP contribution in [0.2, 0.25) is 10.0 Å². The van der Waals surface area contributed by atoms with Crippen molar-refractivity contribution in [2.45, 2.75) is 17.2 Å². The molecule has 5 nitrogen and oxygen atoms in total. The lowest BCUT2D eigenvalue weighted by atomic mass is 10.1. The summed E-state index contributed by atoms with van der Waals surface area (Å²) < 4.78 is -0.581. The minimum Gasteiger partial charge on any atom is -0.399 e. The zero-order chi connectivity index (χ0) is 24.8. The van der Waals surface area contributed by atoms with Crippen LogP contribution in [0, 0.1) is 12.8 Å². The van der Waals surface area contributed by atoms with Gasteiger partial charge in [0.1, 0.15) is 4.33 Å². The molecule has 0 aliphatic heterocycles. The molecule has 10 heteroatoms. The van der Waals surface area contributed by atoms with Gasteiger partial charge in [-0.2, -0.15) is 0 Å². The Hall–Kier alpha value is -1.96. The van der Waals surface area contributed by atoms with Crippen molar-refractivity contribution in [3.8, 4) is 0 Å². The molecule has 0 unspecified atom stereocenters. The maximum absolute atomic E-state index is 13.0. The van der Waals surface area contributed by atoms with E-state index in [2.05, 4.69) is 26.6 Å². The molecule has 0 bridgehead atoms. The van der Waals surface area contributed by atoms with Gasteiger partial charge in [0.05, 0.1) is 21.5 Å². The highest BCUT2D eigenvalue weighted by atomic mass is 79.9. The second-order valence-electron chi connectivity index (χ2n) is 8.02. The summed E-state index contributed by atoms with van der Waals surface area (Å²) in [4.78, 5) is 25.9. The van der Waals surface area contributed by atoms with E-state index in [0.29, 0.717) is 26.6 Å². The van der Waals surface area contributed by atoms with E-state index in [-0.39, 0.29) is 16.5 Å². The Morgan fingerprint density at radius 2 is 1.68 bits per heavy atom. The second-order valence-corrected chi connectivity index (χ2v) is 11.1. The van der Waals surface area contributed by atoms with Gasteiger partial charge in [-0.05, 0) is 82.5 Å². The number of aryl methyl sites for hydroxylation is 1. The molecule has 1 fully saturated rings. The fraction of sp³-hybridized carbons (Fsp3) is 0.167. The fourth-order valence-corrected chi connectivity index (χ4v) is 5.33. The lowest BCUT2D eigenvalue weighted by molar-refractivity contribution is -0.117. The van der Waals surface area contributed by atoms with Crippen LogP contribution >= 0.6 is 62.3 Å². The second kappa shape index (κ2) is 9.59. The summed E-state index contributed by atoms with van der Waals surface area (Å²) in [5.41, 5.74) is 9.16. The first-order chi connectivity index (χ1) is 16.0. The normalized spacial score (nSPS) is 18.3. The van der Waals surface area contributed by atoms with Crippen molar-refractivity contribution in [3.63, 3.8) is 0 Å². The molecule has 3 aromatic rings. The topological polar surface area (TPSA) is 84.2 Å². The number of carbonyl (C=O) groups excluding carboxylic acids is 2. The number of rotatable bonds is 5. The molecule has 0 spiro atoms. The molecule has 1 saturated carbocycles. The molecule has 0 radical (unpaired) electrons. The van der Waals surface area contributed by atoms with Crippen molar-refractivity contribution in [3.05, 3.63) is 85.8 Å². The number of benzene rings is 3. The van der Waals surface area contributed by atoms with Crippen molar-refractivity contribution in [1.29, 1.82) is 0 Å². The number of halogens is 5. The number of nitrogens with two attached hydrogens (primary N) is 1. The predicted octanol–water partition coefficient (Wildman–Crippen LogP) is 7.42. The van der Waals surface area contributed by atoms with E-state index < -0.39 is 22.1 Å². The zero-order valence-corrected chi connectivity index (χ0v) is 22.2. The third kappa shape index (κ3) is 5.02. The maximum atomic E-state index is 13.0. The molecule has 1 aliphatic carbocycles. The summed E-state index contributed by atoms with van der Waals surface area (Å²) in [5.74, 6) is -1.89. The first-order valence-corrected chi connectivity index (χ1v) is 12.4. The highest BCUT2D eigenvalue weighted by molar-refractivity contribution is 9.10. The smallest absolute Gasteiger partial charge is 0.257 e. The third-order valence-corrected chi connectivity index (χ3v) is 8.10. The first-order valence-electron chi connectivity index (χ1n) is 10.1. The summed E-state index contributed by atoms with van der Waals surface area (Å²) in [6.07, 6.45) is 0. The van der Waals surface area contributed by atoms with E-state index in [9.17, 15) is 9.59 Å². The van der Waals surface area contributed by atoms with Gasteiger partial charge in [-0.25, -0.2) is 0 Å². The van der Waals surface area contributed by atoms with Gasteiger partial charge >= 0.3 is 0 Å². The fourth-order valence-electron chi connectivity index (χ4n) is 3.79. The quantitative estimate of drug-likeness (QED) is 0.210. The summed E-state index contributed by atoms with van der Waals surface area (Å²) in [6, 6.07) is 15.1. The number of hydrogen-bond donors (Lipinski definition) is 3. The number of nitrogen functional groups attached to an aromatic ring is 1. The van der Waals surface area contributed by atoms with Gasteiger partial charge in [0, 0.05) is 27.5 Å². The molecule has 0 saturated heterocycles. The SMILES string of the molecule is Cc1cc(N)ccc1NC(=O)c1cc(NC(=O)[C@@H]2[C@@H](c3ccc(Cl)c(Br)c3)C2(Cl)Cl)ccc1Cl. The Bertz CT molecular complexity index is 1320. The Balaban J connectivity index is 1.51. The van der Waals surface area contributed by atoms with E-state index in [1.54, 1.807) is 42.5 Å². The molecular weight excluding hydrogens is 584 g/mol. The summed E-state index contributed by atoms with van der Waals surface area (Å²) in [5, 5.41) is 6.38. The number of anilines is 3. The lowest BCUT2D eigenvalue weighted by Crippen LogP contribution is -2.18. The van der Waals surface area contributed by atoms with Crippen molar-refractivity contribution in [2.75, 3.05) is 16.4 Å². The van der Waals surface area contributed by atoms with Crippen molar-refractivity contribution in [2.24, 2.45) is 5.92 Å². The monoisotopic (exact) mass is 599 g/mol. The summed E-state index contributed by atoms with van der Waals surface area (Å²) >= 11 is 28.6. The van der Waals surface area contributed by atoms with Gasteiger partial charge in [-0.3, -0.25) is 9.59 Å². The van der Waals surface area contributed by atoms with Gasteiger partial charge in [0.2, 0.25) is 5.91 Å². The molecule has 1 aliphatic rings. The zero-order valence-electron chi connectivity index (χ0n) is 17.6. The molecule has 0 heterocycles. The van der Waals surface area contributed by atoms with Crippen molar-refractivity contribution in [1.82, 2.24) is 0 Å². The first kappa shape index (κ1) is 25.1. The van der Waals surface area contributed by atoms with Gasteiger partial charge < -0.3 is 16.4 Å². The highest BCUT2D eigenvalue weighted by Gasteiger charge is 2.67. The van der Waals surface area contributed by atoms with Crippen LogP contribution in [0.15, 0.2) is 59.1 Å². The van der Waals surface area contributed by atoms with Gasteiger partial charge in [-0.1, -0.05) is 29.3 Å². The van der Waals surface area contributed by atoms with Crippen LogP contribution in [0.1, 0.15) is 27.4 Å². The number of nitrogens with one attached hydrogen (secondary N) is 2. The van der Waals surface area contributed by atoms with Crippen LogP contribution < -0.4 is 16.4 Å². The van der Waals surface area contributed by atoms with E-state index in [4.69, 9.17) is 52.1 Å². The average molecular weight is 602 g/mol. The molecule has 4 N–H and O–H groups in total. The predicted molar refractivity (Wildman–Crippen MR) is 143 cm³/mol. The van der Waals surface area contributed by atoms with E-state index in [0.717, 1.165) is 11.1 Å². The number of carbonyl (C=O) groups is 2. The Morgan fingerprint density at radius 3 is 2.35 bits per heavy atom. The molecular formula is C24H18BrCl4N3O2.